The highest BCUT2D eigenvalue weighted by atomic mass is 16.5. The highest BCUT2D eigenvalue weighted by Crippen LogP contribution is 2.34. The molecule has 0 spiro atoms. The molecule has 3 N–H and O–H groups in total. The number of benzene rings is 2. The maximum absolute atomic E-state index is 12.7. The number of hydrogen-bond acceptors (Lipinski definition) is 7. The number of methoxy groups -OCH3 is 2. The fourth-order valence-electron chi connectivity index (χ4n) is 2.64. The van der Waals surface area contributed by atoms with Crippen LogP contribution < -0.4 is 20.2 Å². The highest BCUT2D eigenvalue weighted by Gasteiger charge is 2.19. The molecule has 0 atom stereocenters. The van der Waals surface area contributed by atoms with E-state index in [1.54, 1.807) is 24.3 Å². The molecule has 0 radical (unpaired) electrons. The molecule has 3 aromatic rings. The van der Waals surface area contributed by atoms with Crippen LogP contribution in [0, 0.1) is 10.9 Å². The first-order valence-electron chi connectivity index (χ1n) is 8.05. The smallest absolute Gasteiger partial charge is 0.291 e. The van der Waals surface area contributed by atoms with Crippen LogP contribution in [0.15, 0.2) is 56.8 Å². The minimum absolute atomic E-state index is 0.143. The Morgan fingerprint density at radius 1 is 1.11 bits per heavy atom. The summed E-state index contributed by atoms with van der Waals surface area (Å²) in [5, 5.41) is 13.9. The lowest BCUT2D eigenvalue weighted by Gasteiger charge is -2.14. The van der Waals surface area contributed by atoms with Crippen molar-refractivity contribution >= 4 is 28.4 Å². The van der Waals surface area contributed by atoms with E-state index in [0.29, 0.717) is 16.9 Å². The van der Waals surface area contributed by atoms with E-state index in [1.165, 1.54) is 26.4 Å². The normalized spacial score (nSPS) is 10.4. The van der Waals surface area contributed by atoms with Crippen LogP contribution in [-0.4, -0.2) is 26.0 Å². The van der Waals surface area contributed by atoms with Gasteiger partial charge >= 0.3 is 0 Å². The molecule has 0 saturated carbocycles. The summed E-state index contributed by atoms with van der Waals surface area (Å²) in [6.45, 7) is 0. The van der Waals surface area contributed by atoms with Crippen molar-refractivity contribution in [2.45, 2.75) is 0 Å². The first-order chi connectivity index (χ1) is 13.5. The van der Waals surface area contributed by atoms with Crippen LogP contribution >= 0.6 is 0 Å². The van der Waals surface area contributed by atoms with E-state index in [0.717, 1.165) is 6.07 Å². The fraction of sp³-hybridized carbons (Fsp3) is 0.105. The van der Waals surface area contributed by atoms with Crippen molar-refractivity contribution in [2.24, 2.45) is 5.11 Å². The first kappa shape index (κ1) is 18.8. The lowest BCUT2D eigenvalue weighted by Crippen LogP contribution is -2.17. The molecule has 142 valence electrons. The lowest BCUT2D eigenvalue weighted by molar-refractivity contribution is 0.0997. The Hall–Kier alpha value is -4.01. The Bertz CT molecular complexity index is 1150. The Morgan fingerprint density at radius 2 is 1.79 bits per heavy atom. The number of para-hydroxylation sites is 1. The SMILES string of the molecule is COc1cc(NC(=O)c2cc(=O)c3ccccc3o2)c(C(=N)N=N)cc1OC. The topological polar surface area (TPSA) is 138 Å². The number of ether oxygens (including phenoxy) is 2. The van der Waals surface area contributed by atoms with Crippen LogP contribution in [0.1, 0.15) is 16.1 Å². The quantitative estimate of drug-likeness (QED) is 0.354. The van der Waals surface area contributed by atoms with Gasteiger partial charge in [-0.05, 0) is 18.2 Å². The predicted molar refractivity (Wildman–Crippen MR) is 102 cm³/mol. The molecule has 0 aliphatic rings. The van der Waals surface area contributed by atoms with E-state index in [2.05, 4.69) is 10.4 Å². The number of amides is 1. The average Bonchev–Trinajstić information content (AvgIpc) is 2.72. The van der Waals surface area contributed by atoms with E-state index in [9.17, 15) is 9.59 Å². The molecule has 9 heteroatoms. The second-order valence-electron chi connectivity index (χ2n) is 5.64. The van der Waals surface area contributed by atoms with Gasteiger partial charge in [0.2, 0.25) is 0 Å². The maximum atomic E-state index is 12.7. The summed E-state index contributed by atoms with van der Waals surface area (Å²) in [6, 6.07) is 10.5. The molecule has 28 heavy (non-hydrogen) atoms. The molecule has 0 saturated heterocycles. The Morgan fingerprint density at radius 3 is 2.46 bits per heavy atom. The van der Waals surface area contributed by atoms with Crippen molar-refractivity contribution in [3.05, 3.63) is 64.0 Å². The average molecular weight is 380 g/mol. The second kappa shape index (κ2) is 7.70. The summed E-state index contributed by atoms with van der Waals surface area (Å²) in [4.78, 5) is 24.9. The predicted octanol–water partition coefficient (Wildman–Crippen LogP) is 3.42. The number of nitrogens with one attached hydrogen (secondary N) is 3. The maximum Gasteiger partial charge on any atom is 0.291 e. The van der Waals surface area contributed by atoms with Gasteiger partial charge in [-0.15, -0.1) is 5.11 Å². The van der Waals surface area contributed by atoms with Gasteiger partial charge < -0.3 is 19.2 Å². The first-order valence-corrected chi connectivity index (χ1v) is 8.05. The number of carbonyl (C=O) groups is 1. The Labute approximate surface area is 158 Å². The number of carbonyl (C=O) groups excluding carboxylic acids is 1. The van der Waals surface area contributed by atoms with Gasteiger partial charge in [0.25, 0.3) is 5.91 Å². The molecule has 1 amide bonds. The fourth-order valence-corrected chi connectivity index (χ4v) is 2.64. The summed E-state index contributed by atoms with van der Waals surface area (Å²) < 4.78 is 15.9. The van der Waals surface area contributed by atoms with Crippen molar-refractivity contribution in [3.63, 3.8) is 0 Å². The van der Waals surface area contributed by atoms with E-state index in [1.807, 2.05) is 0 Å². The van der Waals surface area contributed by atoms with Gasteiger partial charge in [0, 0.05) is 17.7 Å². The number of nitrogens with zero attached hydrogens (tertiary/aromatic N) is 1. The van der Waals surface area contributed by atoms with Crippen LogP contribution in [-0.2, 0) is 0 Å². The highest BCUT2D eigenvalue weighted by molar-refractivity contribution is 6.09. The molecular weight excluding hydrogens is 364 g/mol. The molecule has 0 bridgehead atoms. The molecule has 1 aromatic heterocycles. The van der Waals surface area contributed by atoms with E-state index >= 15 is 0 Å². The van der Waals surface area contributed by atoms with Crippen molar-refractivity contribution in [1.82, 2.24) is 0 Å². The van der Waals surface area contributed by atoms with Crippen molar-refractivity contribution in [1.29, 1.82) is 10.9 Å². The number of amidine groups is 1. The van der Waals surface area contributed by atoms with E-state index in [-0.39, 0.29) is 28.0 Å². The summed E-state index contributed by atoms with van der Waals surface area (Å²) >= 11 is 0. The largest absolute Gasteiger partial charge is 0.493 e. The van der Waals surface area contributed by atoms with Gasteiger partial charge in [0.05, 0.1) is 25.3 Å². The molecule has 0 aliphatic heterocycles. The summed E-state index contributed by atoms with van der Waals surface area (Å²) in [5.41, 5.74) is 7.31. The second-order valence-corrected chi connectivity index (χ2v) is 5.64. The third-order valence-electron chi connectivity index (χ3n) is 4.00. The van der Waals surface area contributed by atoms with Crippen molar-refractivity contribution in [3.8, 4) is 11.5 Å². The number of fused-ring (bicyclic) bond motifs is 1. The van der Waals surface area contributed by atoms with Crippen molar-refractivity contribution < 1.29 is 18.7 Å². The third kappa shape index (κ3) is 3.45. The van der Waals surface area contributed by atoms with Gasteiger partial charge in [-0.25, -0.2) is 5.53 Å². The summed E-state index contributed by atoms with van der Waals surface area (Å²) in [7, 11) is 2.84. The molecule has 1 heterocycles. The van der Waals surface area contributed by atoms with Crippen molar-refractivity contribution in [2.75, 3.05) is 19.5 Å². The van der Waals surface area contributed by atoms with Crippen LogP contribution in [0.5, 0.6) is 11.5 Å². The zero-order chi connectivity index (χ0) is 20.3. The van der Waals surface area contributed by atoms with E-state index in [4.69, 9.17) is 24.8 Å². The minimum Gasteiger partial charge on any atom is -0.493 e. The zero-order valence-corrected chi connectivity index (χ0v) is 15.0. The molecule has 9 nitrogen and oxygen atoms in total. The van der Waals surface area contributed by atoms with Gasteiger partial charge in [-0.2, -0.15) is 0 Å². The summed E-state index contributed by atoms with van der Waals surface area (Å²) in [6.07, 6.45) is 0. The van der Waals surface area contributed by atoms with E-state index < -0.39 is 11.7 Å². The minimum atomic E-state index is -0.700. The zero-order valence-electron chi connectivity index (χ0n) is 15.0. The van der Waals surface area contributed by atoms with Gasteiger partial charge in [0.15, 0.2) is 28.5 Å². The monoisotopic (exact) mass is 380 g/mol. The van der Waals surface area contributed by atoms with Crippen LogP contribution in [0.25, 0.3) is 11.0 Å². The molecule has 2 aromatic carbocycles. The molecule has 0 aliphatic carbocycles. The van der Waals surface area contributed by atoms with Gasteiger partial charge in [-0.1, -0.05) is 12.1 Å². The lowest BCUT2D eigenvalue weighted by atomic mass is 10.1. The van der Waals surface area contributed by atoms with Crippen LogP contribution in [0.4, 0.5) is 5.69 Å². The Balaban J connectivity index is 2.05. The third-order valence-corrected chi connectivity index (χ3v) is 4.00. The summed E-state index contributed by atoms with van der Waals surface area (Å²) in [5.74, 6) is -0.676. The van der Waals surface area contributed by atoms with Crippen LogP contribution in [0.2, 0.25) is 0 Å². The number of hydrogen-bond donors (Lipinski definition) is 3. The molecular formula is C19H16N4O5. The van der Waals surface area contributed by atoms with Gasteiger partial charge in [0.1, 0.15) is 5.58 Å². The van der Waals surface area contributed by atoms with Crippen LogP contribution in [0.3, 0.4) is 0 Å². The molecule has 3 rings (SSSR count). The molecule has 0 unspecified atom stereocenters. The number of anilines is 1. The number of rotatable bonds is 5. The van der Waals surface area contributed by atoms with Gasteiger partial charge in [-0.3, -0.25) is 15.0 Å². The Kier molecular flexibility index (Phi) is 5.16. The standard InChI is InChI=1S/C19H16N4O5/c1-26-15-7-11(18(20)23-21)12(8-16(15)27-2)22-19(25)17-9-13(24)10-5-3-4-6-14(10)28-17/h3-9,20-21H,1-2H3,(H,22,25). The molecule has 0 fully saturated rings.